The predicted octanol–water partition coefficient (Wildman–Crippen LogP) is 3.76. The van der Waals surface area contributed by atoms with Gasteiger partial charge in [0, 0.05) is 12.1 Å². The van der Waals surface area contributed by atoms with Crippen LogP contribution in [0.25, 0.3) is 0 Å². The second kappa shape index (κ2) is 5.28. The average molecular weight is 285 g/mol. The molecule has 2 saturated heterocycles. The van der Waals surface area contributed by atoms with Gasteiger partial charge in [0.2, 0.25) is 0 Å². The van der Waals surface area contributed by atoms with E-state index in [9.17, 15) is 13.2 Å². The molecule has 2 nitrogen and oxygen atoms in total. The van der Waals surface area contributed by atoms with Crippen molar-refractivity contribution in [3.8, 4) is 5.75 Å². The lowest BCUT2D eigenvalue weighted by Gasteiger charge is -2.40. The largest absolute Gasteiger partial charge is 0.490 e. The summed E-state index contributed by atoms with van der Waals surface area (Å²) in [6.45, 7) is 0. The highest BCUT2D eigenvalue weighted by Crippen LogP contribution is 2.33. The monoisotopic (exact) mass is 285 g/mol. The maximum atomic E-state index is 12.7. The lowest BCUT2D eigenvalue weighted by Crippen LogP contribution is -2.51. The van der Waals surface area contributed by atoms with Crippen molar-refractivity contribution < 1.29 is 17.9 Å². The molecule has 5 heteroatoms. The second-order valence-electron chi connectivity index (χ2n) is 5.73. The lowest BCUT2D eigenvalue weighted by molar-refractivity contribution is -0.137. The van der Waals surface area contributed by atoms with Crippen LogP contribution in [0, 0.1) is 0 Å². The molecule has 0 radical (unpaired) electrons. The molecule has 2 bridgehead atoms. The van der Waals surface area contributed by atoms with Crippen LogP contribution in [-0.2, 0) is 6.18 Å². The number of alkyl halides is 3. The number of fused-ring (bicyclic) bond motifs is 2. The summed E-state index contributed by atoms with van der Waals surface area (Å²) in [7, 11) is 0. The lowest BCUT2D eigenvalue weighted by atomic mass is 9.85. The van der Waals surface area contributed by atoms with Crippen molar-refractivity contribution >= 4 is 0 Å². The summed E-state index contributed by atoms with van der Waals surface area (Å²) >= 11 is 0. The fourth-order valence-electron chi connectivity index (χ4n) is 3.25. The number of nitrogens with one attached hydrogen (secondary N) is 1. The van der Waals surface area contributed by atoms with Gasteiger partial charge in [0.25, 0.3) is 0 Å². The molecule has 2 aliphatic rings. The van der Waals surface area contributed by atoms with Crippen LogP contribution < -0.4 is 10.1 Å². The fraction of sp³-hybridized carbons (Fsp3) is 0.600. The third-order valence-electron chi connectivity index (χ3n) is 4.14. The van der Waals surface area contributed by atoms with Gasteiger partial charge in [-0.3, -0.25) is 0 Å². The molecule has 3 rings (SSSR count). The fourth-order valence-corrected chi connectivity index (χ4v) is 3.25. The summed E-state index contributed by atoms with van der Waals surface area (Å²) in [4.78, 5) is 0. The van der Waals surface area contributed by atoms with E-state index in [1.807, 2.05) is 0 Å². The zero-order valence-corrected chi connectivity index (χ0v) is 11.1. The van der Waals surface area contributed by atoms with Crippen molar-refractivity contribution in [1.82, 2.24) is 5.32 Å². The molecule has 2 heterocycles. The van der Waals surface area contributed by atoms with Crippen LogP contribution in [0.5, 0.6) is 5.75 Å². The van der Waals surface area contributed by atoms with Crippen LogP contribution in [0.3, 0.4) is 0 Å². The molecule has 2 fully saturated rings. The Hall–Kier alpha value is -1.23. The van der Waals surface area contributed by atoms with Crippen molar-refractivity contribution in [1.29, 1.82) is 0 Å². The topological polar surface area (TPSA) is 21.3 Å². The third kappa shape index (κ3) is 3.08. The molecule has 0 saturated carbocycles. The van der Waals surface area contributed by atoms with Gasteiger partial charge in [-0.1, -0.05) is 12.5 Å². The van der Waals surface area contributed by atoms with E-state index in [0.29, 0.717) is 17.8 Å². The highest BCUT2D eigenvalue weighted by molar-refractivity contribution is 5.30. The molecule has 1 aromatic carbocycles. The first-order valence-electron chi connectivity index (χ1n) is 7.10. The van der Waals surface area contributed by atoms with E-state index in [0.717, 1.165) is 37.8 Å². The second-order valence-corrected chi connectivity index (χ2v) is 5.73. The molecule has 3 atom stereocenters. The zero-order chi connectivity index (χ0) is 14.2. The Kier molecular flexibility index (Phi) is 3.63. The molecule has 0 unspecified atom stereocenters. The van der Waals surface area contributed by atoms with Crippen molar-refractivity contribution in [3.05, 3.63) is 29.8 Å². The Labute approximate surface area is 116 Å². The minimum atomic E-state index is -4.32. The van der Waals surface area contributed by atoms with Crippen molar-refractivity contribution in [2.75, 3.05) is 0 Å². The van der Waals surface area contributed by atoms with E-state index in [1.54, 1.807) is 6.07 Å². The van der Waals surface area contributed by atoms with Crippen LogP contribution in [-0.4, -0.2) is 18.2 Å². The van der Waals surface area contributed by atoms with Gasteiger partial charge < -0.3 is 10.1 Å². The van der Waals surface area contributed by atoms with Crippen LogP contribution in [0.1, 0.15) is 37.7 Å². The summed E-state index contributed by atoms with van der Waals surface area (Å²) < 4.78 is 43.8. The first-order valence-corrected chi connectivity index (χ1v) is 7.10. The Balaban J connectivity index is 1.68. The van der Waals surface area contributed by atoms with E-state index in [2.05, 4.69) is 5.32 Å². The van der Waals surface area contributed by atoms with E-state index in [-0.39, 0.29) is 6.10 Å². The number of piperidine rings is 2. The van der Waals surface area contributed by atoms with E-state index in [4.69, 9.17) is 4.74 Å². The van der Waals surface area contributed by atoms with Crippen molar-refractivity contribution in [2.24, 2.45) is 0 Å². The standard InChI is InChI=1S/C15H18F3NO/c16-15(17,18)10-3-1-6-13(7-10)20-14-8-11-4-2-5-12(9-14)19-11/h1,3,6-7,11-12,14,19H,2,4-5,8-9H2/t11-,12+,14-. The van der Waals surface area contributed by atoms with Gasteiger partial charge in [-0.05, 0) is 43.9 Å². The molecular weight excluding hydrogens is 267 g/mol. The van der Waals surface area contributed by atoms with Gasteiger partial charge in [-0.2, -0.15) is 13.2 Å². The number of benzene rings is 1. The van der Waals surface area contributed by atoms with Gasteiger partial charge in [0.15, 0.2) is 0 Å². The molecule has 1 aromatic rings. The smallest absolute Gasteiger partial charge is 0.416 e. The maximum absolute atomic E-state index is 12.7. The number of hydrogen-bond acceptors (Lipinski definition) is 2. The minimum Gasteiger partial charge on any atom is -0.490 e. The maximum Gasteiger partial charge on any atom is 0.416 e. The predicted molar refractivity (Wildman–Crippen MR) is 69.7 cm³/mol. The molecule has 0 amide bonds. The van der Waals surface area contributed by atoms with Crippen LogP contribution in [0.15, 0.2) is 24.3 Å². The Bertz CT molecular complexity index is 462. The van der Waals surface area contributed by atoms with Gasteiger partial charge in [-0.25, -0.2) is 0 Å². The highest BCUT2D eigenvalue weighted by Gasteiger charge is 2.33. The molecule has 0 spiro atoms. The van der Waals surface area contributed by atoms with E-state index in [1.165, 1.54) is 12.5 Å². The van der Waals surface area contributed by atoms with Crippen LogP contribution in [0.2, 0.25) is 0 Å². The van der Waals surface area contributed by atoms with Gasteiger partial charge in [0.05, 0.1) is 5.56 Å². The van der Waals surface area contributed by atoms with Crippen molar-refractivity contribution in [2.45, 2.75) is 56.5 Å². The summed E-state index contributed by atoms with van der Waals surface area (Å²) in [6.07, 6.45) is 0.982. The SMILES string of the molecule is FC(F)(F)c1cccc(O[C@@H]2C[C@H]3CCC[C@@H](C2)N3)c1. The molecule has 0 aliphatic carbocycles. The molecular formula is C15H18F3NO. The quantitative estimate of drug-likeness (QED) is 0.893. The third-order valence-corrected chi connectivity index (χ3v) is 4.14. The summed E-state index contributed by atoms with van der Waals surface area (Å²) in [5.41, 5.74) is -0.649. The van der Waals surface area contributed by atoms with Crippen molar-refractivity contribution in [3.63, 3.8) is 0 Å². The van der Waals surface area contributed by atoms with Gasteiger partial charge in [-0.15, -0.1) is 0 Å². The van der Waals surface area contributed by atoms with Crippen LogP contribution >= 0.6 is 0 Å². The number of halogens is 3. The number of ether oxygens (including phenoxy) is 1. The summed E-state index contributed by atoms with van der Waals surface area (Å²) in [6, 6.07) is 6.09. The first kappa shape index (κ1) is 13.7. The first-order chi connectivity index (χ1) is 9.50. The average Bonchev–Trinajstić information content (AvgIpc) is 2.37. The molecule has 1 N–H and O–H groups in total. The Morgan fingerprint density at radius 3 is 2.45 bits per heavy atom. The zero-order valence-electron chi connectivity index (χ0n) is 11.1. The summed E-state index contributed by atoms with van der Waals surface area (Å²) in [5.74, 6) is 0.324. The number of hydrogen-bond donors (Lipinski definition) is 1. The molecule has 110 valence electrons. The Morgan fingerprint density at radius 2 is 1.80 bits per heavy atom. The number of rotatable bonds is 2. The summed E-state index contributed by atoms with van der Waals surface area (Å²) in [5, 5.41) is 3.54. The van der Waals surface area contributed by atoms with Gasteiger partial charge in [0.1, 0.15) is 11.9 Å². The van der Waals surface area contributed by atoms with Crippen LogP contribution in [0.4, 0.5) is 13.2 Å². The Morgan fingerprint density at radius 1 is 1.10 bits per heavy atom. The normalized spacial score (nSPS) is 30.1. The molecule has 0 aromatic heterocycles. The van der Waals surface area contributed by atoms with Gasteiger partial charge >= 0.3 is 6.18 Å². The van der Waals surface area contributed by atoms with E-state index >= 15 is 0 Å². The van der Waals surface area contributed by atoms with E-state index < -0.39 is 11.7 Å². The molecule has 20 heavy (non-hydrogen) atoms. The minimum absolute atomic E-state index is 0.0232. The molecule has 2 aliphatic heterocycles. The highest BCUT2D eigenvalue weighted by atomic mass is 19.4.